The lowest BCUT2D eigenvalue weighted by molar-refractivity contribution is 0.876. The van der Waals surface area contributed by atoms with Gasteiger partial charge in [-0.15, -0.1) is 0 Å². The van der Waals surface area contributed by atoms with E-state index in [0.29, 0.717) is 6.54 Å². The van der Waals surface area contributed by atoms with Gasteiger partial charge < -0.3 is 10.1 Å². The standard InChI is InChI=1S/C17H19N3S/c1-13-5-4-6-14(11-13)12-21-17-15(8-9-18)20-10-3-2-7-16(20)19-17/h2-7,10-11H,8-9,12,18H2,1H3. The van der Waals surface area contributed by atoms with Crippen molar-refractivity contribution in [2.24, 2.45) is 5.73 Å². The van der Waals surface area contributed by atoms with Crippen LogP contribution in [0.2, 0.25) is 0 Å². The number of imidazole rings is 1. The molecule has 0 saturated heterocycles. The van der Waals surface area contributed by atoms with Crippen LogP contribution in [0.1, 0.15) is 16.8 Å². The van der Waals surface area contributed by atoms with E-state index in [1.807, 2.05) is 18.2 Å². The first-order valence-corrected chi connectivity index (χ1v) is 8.11. The first-order valence-electron chi connectivity index (χ1n) is 7.12. The molecule has 0 spiro atoms. The van der Waals surface area contributed by atoms with Gasteiger partial charge in [-0.05, 0) is 31.2 Å². The molecule has 3 nitrogen and oxygen atoms in total. The minimum atomic E-state index is 0.640. The van der Waals surface area contributed by atoms with E-state index in [0.717, 1.165) is 22.8 Å². The van der Waals surface area contributed by atoms with Crippen LogP contribution >= 0.6 is 11.8 Å². The maximum absolute atomic E-state index is 5.76. The van der Waals surface area contributed by atoms with Crippen LogP contribution in [0.3, 0.4) is 0 Å². The van der Waals surface area contributed by atoms with Crippen molar-refractivity contribution in [3.05, 3.63) is 65.5 Å². The Morgan fingerprint density at radius 3 is 2.90 bits per heavy atom. The lowest BCUT2D eigenvalue weighted by Gasteiger charge is -2.04. The van der Waals surface area contributed by atoms with E-state index in [1.165, 1.54) is 16.8 Å². The Labute approximate surface area is 129 Å². The van der Waals surface area contributed by atoms with Gasteiger partial charge in [0.1, 0.15) is 10.7 Å². The summed E-state index contributed by atoms with van der Waals surface area (Å²) in [5.41, 5.74) is 10.6. The Hall–Kier alpha value is -1.78. The summed E-state index contributed by atoms with van der Waals surface area (Å²) >= 11 is 1.79. The fourth-order valence-electron chi connectivity index (χ4n) is 2.46. The van der Waals surface area contributed by atoms with Crippen molar-refractivity contribution in [1.82, 2.24) is 9.38 Å². The molecule has 3 rings (SSSR count). The molecule has 0 atom stereocenters. The molecule has 0 bridgehead atoms. The van der Waals surface area contributed by atoms with Gasteiger partial charge in [0, 0.05) is 18.4 Å². The summed E-state index contributed by atoms with van der Waals surface area (Å²) in [6, 6.07) is 14.7. The summed E-state index contributed by atoms with van der Waals surface area (Å²) in [5.74, 6) is 0.934. The second-order valence-corrected chi connectivity index (χ2v) is 6.07. The largest absolute Gasteiger partial charge is 0.330 e. The zero-order valence-electron chi connectivity index (χ0n) is 12.1. The molecule has 2 N–H and O–H groups in total. The Morgan fingerprint density at radius 2 is 2.10 bits per heavy atom. The second-order valence-electron chi connectivity index (χ2n) is 5.11. The van der Waals surface area contributed by atoms with Gasteiger partial charge in [-0.1, -0.05) is 47.7 Å². The van der Waals surface area contributed by atoms with E-state index in [2.05, 4.69) is 41.8 Å². The predicted molar refractivity (Wildman–Crippen MR) is 88.7 cm³/mol. The van der Waals surface area contributed by atoms with E-state index < -0.39 is 0 Å². The molecule has 4 heteroatoms. The summed E-state index contributed by atoms with van der Waals surface area (Å²) < 4.78 is 2.14. The molecule has 0 aliphatic heterocycles. The average Bonchev–Trinajstić information content (AvgIpc) is 2.84. The Morgan fingerprint density at radius 1 is 1.19 bits per heavy atom. The molecular formula is C17H19N3S. The zero-order valence-corrected chi connectivity index (χ0v) is 12.9. The number of hydrogen-bond acceptors (Lipinski definition) is 3. The van der Waals surface area contributed by atoms with Crippen LogP contribution in [0.5, 0.6) is 0 Å². The zero-order chi connectivity index (χ0) is 14.7. The van der Waals surface area contributed by atoms with Crippen LogP contribution in [0, 0.1) is 6.92 Å². The summed E-state index contributed by atoms with van der Waals surface area (Å²) in [7, 11) is 0. The average molecular weight is 297 g/mol. The number of nitrogens with zero attached hydrogens (tertiary/aromatic N) is 2. The van der Waals surface area contributed by atoms with Crippen LogP contribution < -0.4 is 5.73 Å². The Bertz CT molecular complexity index is 749. The molecule has 0 radical (unpaired) electrons. The van der Waals surface area contributed by atoms with Gasteiger partial charge in [-0.25, -0.2) is 4.98 Å². The van der Waals surface area contributed by atoms with Crippen LogP contribution in [-0.2, 0) is 12.2 Å². The molecule has 2 aromatic heterocycles. The highest BCUT2D eigenvalue weighted by molar-refractivity contribution is 7.98. The van der Waals surface area contributed by atoms with Gasteiger partial charge >= 0.3 is 0 Å². The smallest absolute Gasteiger partial charge is 0.138 e. The van der Waals surface area contributed by atoms with E-state index in [9.17, 15) is 0 Å². The quantitative estimate of drug-likeness (QED) is 0.734. The highest BCUT2D eigenvalue weighted by Gasteiger charge is 2.11. The van der Waals surface area contributed by atoms with Gasteiger partial charge in [0.15, 0.2) is 0 Å². The highest BCUT2D eigenvalue weighted by atomic mass is 32.2. The number of aromatic nitrogens is 2. The van der Waals surface area contributed by atoms with E-state index >= 15 is 0 Å². The number of pyridine rings is 1. The number of aryl methyl sites for hydroxylation is 1. The minimum absolute atomic E-state index is 0.640. The molecule has 0 aliphatic rings. The van der Waals surface area contributed by atoms with Gasteiger partial charge in [0.25, 0.3) is 0 Å². The van der Waals surface area contributed by atoms with Crippen molar-refractivity contribution in [3.8, 4) is 0 Å². The SMILES string of the molecule is Cc1cccc(CSc2nc3ccccn3c2CCN)c1. The Balaban J connectivity index is 1.87. The molecule has 108 valence electrons. The normalized spacial score (nSPS) is 11.1. The van der Waals surface area contributed by atoms with Gasteiger partial charge in [-0.2, -0.15) is 0 Å². The van der Waals surface area contributed by atoms with Gasteiger partial charge in [0.2, 0.25) is 0 Å². The molecule has 2 heterocycles. The van der Waals surface area contributed by atoms with Crippen molar-refractivity contribution in [2.75, 3.05) is 6.54 Å². The molecule has 0 amide bonds. The molecule has 0 saturated carbocycles. The number of benzene rings is 1. The summed E-state index contributed by atoms with van der Waals surface area (Å²) in [6.07, 6.45) is 2.91. The van der Waals surface area contributed by atoms with E-state index in [-0.39, 0.29) is 0 Å². The maximum atomic E-state index is 5.76. The minimum Gasteiger partial charge on any atom is -0.330 e. The molecule has 0 fully saturated rings. The lowest BCUT2D eigenvalue weighted by Crippen LogP contribution is -2.06. The summed E-state index contributed by atoms with van der Waals surface area (Å²) in [4.78, 5) is 4.74. The fraction of sp³-hybridized carbons (Fsp3) is 0.235. The van der Waals surface area contributed by atoms with Crippen molar-refractivity contribution in [1.29, 1.82) is 0 Å². The summed E-state index contributed by atoms with van der Waals surface area (Å²) in [6.45, 7) is 2.76. The van der Waals surface area contributed by atoms with Crippen molar-refractivity contribution < 1.29 is 0 Å². The monoisotopic (exact) mass is 297 g/mol. The first-order chi connectivity index (χ1) is 10.3. The van der Waals surface area contributed by atoms with E-state index in [1.54, 1.807) is 11.8 Å². The van der Waals surface area contributed by atoms with Crippen molar-refractivity contribution >= 4 is 17.4 Å². The third-order valence-corrected chi connectivity index (χ3v) is 4.51. The Kier molecular flexibility index (Phi) is 4.27. The number of hydrogen-bond donors (Lipinski definition) is 1. The maximum Gasteiger partial charge on any atom is 0.138 e. The van der Waals surface area contributed by atoms with Crippen LogP contribution in [0.4, 0.5) is 0 Å². The van der Waals surface area contributed by atoms with Crippen LogP contribution in [0.15, 0.2) is 53.7 Å². The van der Waals surface area contributed by atoms with Crippen LogP contribution in [-0.4, -0.2) is 15.9 Å². The first kappa shape index (κ1) is 14.2. The number of fused-ring (bicyclic) bond motifs is 1. The molecule has 3 aromatic rings. The molecular weight excluding hydrogens is 278 g/mol. The molecule has 0 aliphatic carbocycles. The van der Waals surface area contributed by atoms with Crippen molar-refractivity contribution in [3.63, 3.8) is 0 Å². The van der Waals surface area contributed by atoms with Crippen molar-refractivity contribution in [2.45, 2.75) is 24.1 Å². The topological polar surface area (TPSA) is 43.3 Å². The third kappa shape index (κ3) is 3.12. The lowest BCUT2D eigenvalue weighted by atomic mass is 10.2. The van der Waals surface area contributed by atoms with Gasteiger partial charge in [0.05, 0.1) is 5.69 Å². The van der Waals surface area contributed by atoms with Gasteiger partial charge in [-0.3, -0.25) is 0 Å². The summed E-state index contributed by atoms with van der Waals surface area (Å²) in [5, 5.41) is 1.09. The number of thioether (sulfide) groups is 1. The molecule has 21 heavy (non-hydrogen) atoms. The predicted octanol–water partition coefficient (Wildman–Crippen LogP) is 3.44. The fourth-order valence-corrected chi connectivity index (χ4v) is 3.47. The third-order valence-electron chi connectivity index (χ3n) is 3.43. The molecule has 0 unspecified atom stereocenters. The second kappa shape index (κ2) is 6.33. The highest BCUT2D eigenvalue weighted by Crippen LogP contribution is 2.27. The van der Waals surface area contributed by atoms with E-state index in [4.69, 9.17) is 10.7 Å². The number of nitrogens with two attached hydrogens (primary N) is 1. The number of rotatable bonds is 5. The molecule has 1 aromatic carbocycles. The van der Waals surface area contributed by atoms with Crippen LogP contribution in [0.25, 0.3) is 5.65 Å².